The molecule has 0 atom stereocenters. The zero-order valence-corrected chi connectivity index (χ0v) is 22.1. The highest BCUT2D eigenvalue weighted by Gasteiger charge is 2.34. The van der Waals surface area contributed by atoms with Crippen molar-refractivity contribution in [1.29, 1.82) is 0 Å². The summed E-state index contributed by atoms with van der Waals surface area (Å²) in [7, 11) is 1.56. The summed E-state index contributed by atoms with van der Waals surface area (Å²) in [5.74, 6) is 0.237. The first kappa shape index (κ1) is 24.7. The van der Waals surface area contributed by atoms with Gasteiger partial charge in [-0.3, -0.25) is 19.8 Å². The van der Waals surface area contributed by atoms with Gasteiger partial charge >= 0.3 is 0 Å². The zero-order valence-electron chi connectivity index (χ0n) is 19.7. The van der Waals surface area contributed by atoms with Crippen molar-refractivity contribution in [1.82, 2.24) is 5.32 Å². The van der Waals surface area contributed by atoms with Gasteiger partial charge in [-0.15, -0.1) is 0 Å². The van der Waals surface area contributed by atoms with Gasteiger partial charge in [0.1, 0.15) is 23.7 Å². The molecule has 6 nitrogen and oxygen atoms in total. The van der Waals surface area contributed by atoms with Crippen LogP contribution in [0, 0.1) is 0 Å². The zero-order chi connectivity index (χ0) is 25.9. The van der Waals surface area contributed by atoms with E-state index in [2.05, 4.69) is 39.4 Å². The van der Waals surface area contributed by atoms with Gasteiger partial charge in [-0.05, 0) is 92.5 Å². The average Bonchev–Trinajstić information content (AvgIpc) is 2.91. The van der Waals surface area contributed by atoms with Crippen LogP contribution < -0.4 is 19.7 Å². The van der Waals surface area contributed by atoms with Crippen LogP contribution >= 0.6 is 28.1 Å². The molecule has 4 aromatic rings. The normalized spacial score (nSPS) is 14.7. The number of ether oxygens (including phenoxy) is 2. The van der Waals surface area contributed by atoms with Crippen molar-refractivity contribution in [2.75, 3.05) is 12.0 Å². The maximum absolute atomic E-state index is 13.3. The summed E-state index contributed by atoms with van der Waals surface area (Å²) < 4.78 is 12.0. The summed E-state index contributed by atoms with van der Waals surface area (Å²) in [6.45, 7) is 0.398. The Morgan fingerprint density at radius 1 is 0.973 bits per heavy atom. The van der Waals surface area contributed by atoms with Gasteiger partial charge in [-0.2, -0.15) is 0 Å². The largest absolute Gasteiger partial charge is 0.497 e. The number of methoxy groups -OCH3 is 1. The molecule has 0 saturated carbocycles. The van der Waals surface area contributed by atoms with E-state index in [0.29, 0.717) is 33.8 Å². The lowest BCUT2D eigenvalue weighted by atomic mass is 10.1. The fourth-order valence-corrected chi connectivity index (χ4v) is 4.88. The summed E-state index contributed by atoms with van der Waals surface area (Å²) in [6, 6.07) is 26.5. The summed E-state index contributed by atoms with van der Waals surface area (Å²) in [4.78, 5) is 27.2. The molecule has 0 radical (unpaired) electrons. The van der Waals surface area contributed by atoms with Crippen LogP contribution in [0.2, 0.25) is 0 Å². The number of hydrogen-bond donors (Lipinski definition) is 1. The number of amides is 2. The third-order valence-electron chi connectivity index (χ3n) is 5.96. The lowest BCUT2D eigenvalue weighted by molar-refractivity contribution is -0.122. The fourth-order valence-electron chi connectivity index (χ4n) is 4.09. The molecule has 5 rings (SSSR count). The number of benzene rings is 4. The van der Waals surface area contributed by atoms with Crippen molar-refractivity contribution in [2.24, 2.45) is 0 Å². The van der Waals surface area contributed by atoms with E-state index in [1.54, 1.807) is 49.6 Å². The van der Waals surface area contributed by atoms with Gasteiger partial charge in [0.2, 0.25) is 0 Å². The van der Waals surface area contributed by atoms with E-state index in [4.69, 9.17) is 21.7 Å². The molecule has 1 N–H and O–H groups in total. The van der Waals surface area contributed by atoms with Gasteiger partial charge < -0.3 is 9.47 Å². The SMILES string of the molecule is COc1ccc(N2C(=O)/C(=C\c3ccc(OCc4cccc5ccccc45)c(Br)c3)C(=O)NC2=S)cc1. The number of halogens is 1. The van der Waals surface area contributed by atoms with E-state index in [1.807, 2.05) is 24.3 Å². The summed E-state index contributed by atoms with van der Waals surface area (Å²) >= 11 is 8.82. The topological polar surface area (TPSA) is 67.9 Å². The molecule has 0 aromatic heterocycles. The molecule has 184 valence electrons. The number of anilines is 1. The van der Waals surface area contributed by atoms with Crippen LogP contribution in [-0.2, 0) is 16.2 Å². The third-order valence-corrected chi connectivity index (χ3v) is 6.87. The van der Waals surface area contributed by atoms with Gasteiger partial charge in [0.25, 0.3) is 11.8 Å². The lowest BCUT2D eigenvalue weighted by Crippen LogP contribution is -2.54. The number of nitrogens with one attached hydrogen (secondary N) is 1. The number of nitrogens with zero attached hydrogens (tertiary/aromatic N) is 1. The Hall–Kier alpha value is -4.01. The lowest BCUT2D eigenvalue weighted by Gasteiger charge is -2.29. The van der Waals surface area contributed by atoms with E-state index in [0.717, 1.165) is 16.3 Å². The molecule has 37 heavy (non-hydrogen) atoms. The Morgan fingerprint density at radius 2 is 1.73 bits per heavy atom. The minimum Gasteiger partial charge on any atom is -0.497 e. The molecular formula is C29H21BrN2O4S. The molecule has 1 aliphatic rings. The predicted octanol–water partition coefficient (Wildman–Crippen LogP) is 6.02. The Labute approximate surface area is 227 Å². The maximum atomic E-state index is 13.3. The summed E-state index contributed by atoms with van der Waals surface area (Å²) in [5, 5.41) is 4.92. The Kier molecular flexibility index (Phi) is 7.03. The first-order valence-corrected chi connectivity index (χ1v) is 12.6. The standard InChI is InChI=1S/C29H21BrN2O4S/c1-35-22-12-10-21(11-13-22)32-28(34)24(27(33)31-29(32)37)15-18-9-14-26(25(30)16-18)36-17-20-7-4-6-19-5-2-3-8-23(19)20/h2-16H,17H2,1H3,(H,31,33,37)/b24-15-. The highest BCUT2D eigenvalue weighted by atomic mass is 79.9. The van der Waals surface area contributed by atoms with Crippen LogP contribution in [0.4, 0.5) is 5.69 Å². The molecular weight excluding hydrogens is 552 g/mol. The van der Waals surface area contributed by atoms with Crippen molar-refractivity contribution in [2.45, 2.75) is 6.61 Å². The monoisotopic (exact) mass is 572 g/mol. The van der Waals surface area contributed by atoms with Crippen molar-refractivity contribution < 1.29 is 19.1 Å². The van der Waals surface area contributed by atoms with Crippen molar-refractivity contribution >= 4 is 67.6 Å². The number of rotatable bonds is 6. The van der Waals surface area contributed by atoms with E-state index in [-0.39, 0.29) is 10.7 Å². The quantitative estimate of drug-likeness (QED) is 0.174. The van der Waals surface area contributed by atoms with E-state index >= 15 is 0 Å². The Morgan fingerprint density at radius 3 is 2.49 bits per heavy atom. The smallest absolute Gasteiger partial charge is 0.270 e. The molecule has 0 bridgehead atoms. The molecule has 1 fully saturated rings. The van der Waals surface area contributed by atoms with Crippen LogP contribution in [0.3, 0.4) is 0 Å². The predicted molar refractivity (Wildman–Crippen MR) is 152 cm³/mol. The molecule has 4 aromatic carbocycles. The van der Waals surface area contributed by atoms with Crippen LogP contribution in [0.25, 0.3) is 16.8 Å². The van der Waals surface area contributed by atoms with Gasteiger partial charge in [-0.1, -0.05) is 48.5 Å². The molecule has 0 spiro atoms. The molecule has 1 aliphatic heterocycles. The Balaban J connectivity index is 1.37. The summed E-state index contributed by atoms with van der Waals surface area (Å²) in [5.41, 5.74) is 2.24. The van der Waals surface area contributed by atoms with Crippen LogP contribution in [0.15, 0.2) is 95.0 Å². The van der Waals surface area contributed by atoms with Gasteiger partial charge in [0, 0.05) is 0 Å². The average molecular weight is 573 g/mol. The first-order valence-electron chi connectivity index (χ1n) is 11.4. The number of carbonyl (C=O) groups is 2. The van der Waals surface area contributed by atoms with E-state index in [9.17, 15) is 9.59 Å². The van der Waals surface area contributed by atoms with Crippen LogP contribution in [-0.4, -0.2) is 24.0 Å². The molecule has 0 aliphatic carbocycles. The minimum absolute atomic E-state index is 0.0238. The minimum atomic E-state index is -0.549. The number of carbonyl (C=O) groups excluding carboxylic acids is 2. The molecule has 1 heterocycles. The highest BCUT2D eigenvalue weighted by molar-refractivity contribution is 9.10. The van der Waals surface area contributed by atoms with Crippen LogP contribution in [0.5, 0.6) is 11.5 Å². The summed E-state index contributed by atoms with van der Waals surface area (Å²) in [6.07, 6.45) is 1.54. The van der Waals surface area contributed by atoms with Crippen molar-refractivity contribution in [3.8, 4) is 11.5 Å². The fraction of sp³-hybridized carbons (Fsp3) is 0.0690. The third kappa shape index (κ3) is 5.12. The molecule has 8 heteroatoms. The second-order valence-electron chi connectivity index (χ2n) is 8.27. The van der Waals surface area contributed by atoms with Crippen molar-refractivity contribution in [3.05, 3.63) is 106 Å². The maximum Gasteiger partial charge on any atom is 0.270 e. The molecule has 2 amide bonds. The second-order valence-corrected chi connectivity index (χ2v) is 9.51. The van der Waals surface area contributed by atoms with Gasteiger partial charge in [-0.25, -0.2) is 0 Å². The van der Waals surface area contributed by atoms with Crippen LogP contribution in [0.1, 0.15) is 11.1 Å². The molecule has 1 saturated heterocycles. The van der Waals surface area contributed by atoms with Crippen molar-refractivity contribution in [3.63, 3.8) is 0 Å². The van der Waals surface area contributed by atoms with E-state index in [1.165, 1.54) is 11.0 Å². The first-order chi connectivity index (χ1) is 17.9. The Bertz CT molecular complexity index is 1560. The highest BCUT2D eigenvalue weighted by Crippen LogP contribution is 2.30. The van der Waals surface area contributed by atoms with E-state index < -0.39 is 11.8 Å². The second kappa shape index (κ2) is 10.5. The van der Waals surface area contributed by atoms with Gasteiger partial charge in [0.15, 0.2) is 5.11 Å². The van der Waals surface area contributed by atoms with Gasteiger partial charge in [0.05, 0.1) is 17.3 Å². The number of fused-ring (bicyclic) bond motifs is 1. The number of thiocarbonyl (C=S) groups is 1. The molecule has 0 unspecified atom stereocenters. The number of hydrogen-bond acceptors (Lipinski definition) is 5.